The Morgan fingerprint density at radius 3 is 2.54 bits per heavy atom. The van der Waals surface area contributed by atoms with Crippen LogP contribution in [0.15, 0.2) is 24.3 Å². The van der Waals surface area contributed by atoms with E-state index < -0.39 is 11.6 Å². The highest BCUT2D eigenvalue weighted by Crippen LogP contribution is 2.25. The molecule has 2 unspecified atom stereocenters. The Balaban J connectivity index is 1.57. The Morgan fingerprint density at radius 2 is 1.88 bits per heavy atom. The number of hydrogen-bond donors (Lipinski definition) is 3. The van der Waals surface area contributed by atoms with E-state index in [-0.39, 0.29) is 12.0 Å². The molecule has 1 aromatic carbocycles. The number of carbonyl (C=O) groups excluding carboxylic acids is 1. The average molecular weight is 334 g/mol. The van der Waals surface area contributed by atoms with Crippen molar-refractivity contribution in [3.8, 4) is 5.75 Å². The highest BCUT2D eigenvalue weighted by Gasteiger charge is 2.35. The van der Waals surface area contributed by atoms with Crippen molar-refractivity contribution in [1.29, 1.82) is 0 Å². The molecule has 0 radical (unpaired) electrons. The van der Waals surface area contributed by atoms with Gasteiger partial charge in [-0.3, -0.25) is 4.79 Å². The number of rotatable bonds is 4. The summed E-state index contributed by atoms with van der Waals surface area (Å²) in [5.41, 5.74) is 6.00. The van der Waals surface area contributed by atoms with Crippen LogP contribution in [0.1, 0.15) is 38.5 Å². The summed E-state index contributed by atoms with van der Waals surface area (Å²) in [5.74, 6) is 0.523. The van der Waals surface area contributed by atoms with E-state index in [0.717, 1.165) is 25.7 Å². The topological polar surface area (TPSA) is 93.8 Å². The summed E-state index contributed by atoms with van der Waals surface area (Å²) in [4.78, 5) is 12.4. The van der Waals surface area contributed by atoms with Crippen LogP contribution in [-0.2, 0) is 9.53 Å². The quantitative estimate of drug-likeness (QED) is 0.781. The molecule has 6 heteroatoms. The summed E-state index contributed by atoms with van der Waals surface area (Å²) >= 11 is 0. The molecule has 2 aliphatic rings. The minimum absolute atomic E-state index is 0.145. The first kappa shape index (κ1) is 17.2. The van der Waals surface area contributed by atoms with Gasteiger partial charge in [-0.15, -0.1) is 0 Å². The van der Waals surface area contributed by atoms with E-state index in [1.54, 1.807) is 12.1 Å². The average Bonchev–Trinajstić information content (AvgIpc) is 2.59. The SMILES string of the molecule is NC1(C(=O)Nc2ccc(OC3CCCCC3O)cc2)CCOCC1. The number of hydrogen-bond acceptors (Lipinski definition) is 5. The Labute approximate surface area is 142 Å². The van der Waals surface area contributed by atoms with Crippen LogP contribution >= 0.6 is 0 Å². The number of nitrogens with two attached hydrogens (primary N) is 1. The minimum Gasteiger partial charge on any atom is -0.488 e. The molecule has 0 bridgehead atoms. The van der Waals surface area contributed by atoms with Gasteiger partial charge in [0.05, 0.1) is 6.10 Å². The second-order valence-electron chi connectivity index (χ2n) is 6.76. The molecule has 2 fully saturated rings. The van der Waals surface area contributed by atoms with Gasteiger partial charge in [0.1, 0.15) is 17.4 Å². The number of amides is 1. The largest absolute Gasteiger partial charge is 0.488 e. The highest BCUT2D eigenvalue weighted by atomic mass is 16.5. The zero-order chi connectivity index (χ0) is 17.0. The maximum atomic E-state index is 12.4. The van der Waals surface area contributed by atoms with Crippen LogP contribution in [0.4, 0.5) is 5.69 Å². The predicted molar refractivity (Wildman–Crippen MR) is 90.9 cm³/mol. The molecule has 2 atom stereocenters. The first-order chi connectivity index (χ1) is 11.6. The lowest BCUT2D eigenvalue weighted by Gasteiger charge is -2.31. The summed E-state index contributed by atoms with van der Waals surface area (Å²) < 4.78 is 11.1. The van der Waals surface area contributed by atoms with E-state index in [0.29, 0.717) is 37.5 Å². The Morgan fingerprint density at radius 1 is 1.21 bits per heavy atom. The van der Waals surface area contributed by atoms with Gasteiger partial charge >= 0.3 is 0 Å². The van der Waals surface area contributed by atoms with E-state index in [1.165, 1.54) is 0 Å². The maximum Gasteiger partial charge on any atom is 0.244 e. The lowest BCUT2D eigenvalue weighted by molar-refractivity contribution is -0.124. The molecule has 0 spiro atoms. The van der Waals surface area contributed by atoms with Crippen LogP contribution in [0, 0.1) is 0 Å². The molecule has 1 aliphatic heterocycles. The number of nitrogens with one attached hydrogen (secondary N) is 1. The molecule has 1 saturated carbocycles. The Kier molecular flexibility index (Phi) is 5.38. The number of benzene rings is 1. The van der Waals surface area contributed by atoms with Crippen LogP contribution in [-0.4, -0.2) is 42.0 Å². The van der Waals surface area contributed by atoms with Crippen molar-refractivity contribution in [3.63, 3.8) is 0 Å². The van der Waals surface area contributed by atoms with E-state index in [1.807, 2.05) is 12.1 Å². The van der Waals surface area contributed by atoms with Crippen molar-refractivity contribution < 1.29 is 19.4 Å². The molecule has 3 rings (SSSR count). The Bertz CT molecular complexity index is 555. The van der Waals surface area contributed by atoms with Gasteiger partial charge in [-0.2, -0.15) is 0 Å². The molecule has 1 aromatic rings. The molecular formula is C18H26N2O4. The van der Waals surface area contributed by atoms with Crippen LogP contribution in [0.3, 0.4) is 0 Å². The fraction of sp³-hybridized carbons (Fsp3) is 0.611. The zero-order valence-electron chi connectivity index (χ0n) is 13.9. The van der Waals surface area contributed by atoms with Crippen LogP contribution in [0.2, 0.25) is 0 Å². The molecule has 0 aromatic heterocycles. The molecule has 24 heavy (non-hydrogen) atoms. The molecule has 132 valence electrons. The van der Waals surface area contributed by atoms with Gasteiger partial charge < -0.3 is 25.6 Å². The predicted octanol–water partition coefficient (Wildman–Crippen LogP) is 1.82. The van der Waals surface area contributed by atoms with Crippen LogP contribution in [0.5, 0.6) is 5.75 Å². The molecule has 1 aliphatic carbocycles. The van der Waals surface area contributed by atoms with Crippen LogP contribution in [0.25, 0.3) is 0 Å². The van der Waals surface area contributed by atoms with Gasteiger partial charge in [0.15, 0.2) is 0 Å². The first-order valence-corrected chi connectivity index (χ1v) is 8.70. The molecule has 1 amide bonds. The number of aliphatic hydroxyl groups is 1. The number of carbonyl (C=O) groups is 1. The smallest absolute Gasteiger partial charge is 0.244 e. The number of aliphatic hydroxyl groups excluding tert-OH is 1. The van der Waals surface area contributed by atoms with E-state index in [9.17, 15) is 9.90 Å². The first-order valence-electron chi connectivity index (χ1n) is 8.70. The Hall–Kier alpha value is -1.63. The molecule has 1 saturated heterocycles. The number of ether oxygens (including phenoxy) is 2. The van der Waals surface area contributed by atoms with Gasteiger partial charge in [-0.25, -0.2) is 0 Å². The summed E-state index contributed by atoms with van der Waals surface area (Å²) in [6.45, 7) is 1.03. The third kappa shape index (κ3) is 4.06. The molecular weight excluding hydrogens is 308 g/mol. The second-order valence-corrected chi connectivity index (χ2v) is 6.76. The summed E-state index contributed by atoms with van der Waals surface area (Å²) in [6, 6.07) is 7.21. The highest BCUT2D eigenvalue weighted by molar-refractivity contribution is 5.98. The normalized spacial score (nSPS) is 26.6. The van der Waals surface area contributed by atoms with Gasteiger partial charge in [-0.05, 0) is 56.4 Å². The summed E-state index contributed by atoms with van der Waals surface area (Å²) in [5, 5.41) is 12.8. The van der Waals surface area contributed by atoms with Crippen molar-refractivity contribution in [2.75, 3.05) is 18.5 Å². The van der Waals surface area contributed by atoms with Gasteiger partial charge in [0.2, 0.25) is 5.91 Å². The third-order valence-electron chi connectivity index (χ3n) is 4.90. The van der Waals surface area contributed by atoms with E-state index in [4.69, 9.17) is 15.2 Å². The lowest BCUT2D eigenvalue weighted by atomic mass is 9.90. The van der Waals surface area contributed by atoms with Crippen molar-refractivity contribution in [2.24, 2.45) is 5.73 Å². The van der Waals surface area contributed by atoms with Gasteiger partial charge in [0.25, 0.3) is 0 Å². The third-order valence-corrected chi connectivity index (χ3v) is 4.90. The maximum absolute atomic E-state index is 12.4. The number of anilines is 1. The van der Waals surface area contributed by atoms with E-state index in [2.05, 4.69) is 5.32 Å². The van der Waals surface area contributed by atoms with Crippen molar-refractivity contribution in [3.05, 3.63) is 24.3 Å². The van der Waals surface area contributed by atoms with Gasteiger partial charge in [0, 0.05) is 18.9 Å². The summed E-state index contributed by atoms with van der Waals surface area (Å²) in [6.07, 6.45) is 4.31. The van der Waals surface area contributed by atoms with Gasteiger partial charge in [-0.1, -0.05) is 6.42 Å². The fourth-order valence-corrected chi connectivity index (χ4v) is 3.22. The molecule has 1 heterocycles. The lowest BCUT2D eigenvalue weighted by Crippen LogP contribution is -2.54. The molecule has 6 nitrogen and oxygen atoms in total. The zero-order valence-corrected chi connectivity index (χ0v) is 13.9. The van der Waals surface area contributed by atoms with Crippen LogP contribution < -0.4 is 15.8 Å². The van der Waals surface area contributed by atoms with Crippen molar-refractivity contribution in [2.45, 2.75) is 56.3 Å². The fourth-order valence-electron chi connectivity index (χ4n) is 3.22. The monoisotopic (exact) mass is 334 g/mol. The van der Waals surface area contributed by atoms with Crippen molar-refractivity contribution in [1.82, 2.24) is 0 Å². The summed E-state index contributed by atoms with van der Waals surface area (Å²) in [7, 11) is 0. The standard InChI is InChI=1S/C18H26N2O4/c19-18(9-11-23-12-10-18)17(22)20-13-5-7-14(8-6-13)24-16-4-2-1-3-15(16)21/h5-8,15-16,21H,1-4,9-12,19H2,(H,20,22). The minimum atomic E-state index is -0.861. The van der Waals surface area contributed by atoms with E-state index >= 15 is 0 Å². The second kappa shape index (κ2) is 7.51. The molecule has 4 N–H and O–H groups in total. The van der Waals surface area contributed by atoms with Crippen molar-refractivity contribution >= 4 is 11.6 Å².